The lowest BCUT2D eigenvalue weighted by Crippen LogP contribution is -2.49. The van der Waals surface area contributed by atoms with Crippen molar-refractivity contribution >= 4 is 17.4 Å². The van der Waals surface area contributed by atoms with E-state index in [9.17, 15) is 4.79 Å². The molecule has 1 saturated heterocycles. The Balaban J connectivity index is 1.92. The van der Waals surface area contributed by atoms with Gasteiger partial charge in [0.1, 0.15) is 5.60 Å². The average Bonchev–Trinajstić information content (AvgIpc) is 2.74. The molecule has 0 saturated carbocycles. The monoisotopic (exact) mass is 340 g/mol. The van der Waals surface area contributed by atoms with Crippen molar-refractivity contribution in [1.82, 2.24) is 14.4 Å². The van der Waals surface area contributed by atoms with E-state index in [0.717, 1.165) is 37.5 Å². The number of carbonyl (C=O) groups excluding carboxylic acids is 1. The van der Waals surface area contributed by atoms with Crippen molar-refractivity contribution in [2.24, 2.45) is 12.0 Å². The Morgan fingerprint density at radius 2 is 1.87 bits per heavy atom. The Kier molecular flexibility index (Phi) is 5.52. The lowest BCUT2D eigenvalue weighted by Gasteiger charge is -2.35. The highest BCUT2D eigenvalue weighted by Crippen LogP contribution is 2.16. The molecule has 2 heterocycles. The van der Waals surface area contributed by atoms with E-state index in [0.29, 0.717) is 0 Å². The molecule has 0 spiro atoms. The minimum Gasteiger partial charge on any atom is -0.444 e. The van der Waals surface area contributed by atoms with Crippen LogP contribution in [-0.2, 0) is 18.3 Å². The van der Waals surface area contributed by atoms with Crippen LogP contribution in [0.25, 0.3) is 0 Å². The molecule has 0 atom stereocenters. The Morgan fingerprint density at radius 3 is 2.35 bits per heavy atom. The highest BCUT2D eigenvalue weighted by atomic mass is 32.1. The molecule has 130 valence electrons. The molecule has 1 amide bonds. The summed E-state index contributed by atoms with van der Waals surface area (Å²) in [6.07, 6.45) is -0.206. The summed E-state index contributed by atoms with van der Waals surface area (Å²) in [7, 11) is 3.88. The number of hydrogen-bond acceptors (Lipinski definition) is 5. The minimum absolute atomic E-state index is 0.206. The fourth-order valence-corrected chi connectivity index (χ4v) is 3.66. The lowest BCUT2D eigenvalue weighted by molar-refractivity contribution is 0.0139. The van der Waals surface area contributed by atoms with Crippen molar-refractivity contribution in [1.29, 1.82) is 0 Å². The van der Waals surface area contributed by atoms with E-state index in [1.807, 2.05) is 27.8 Å². The number of amides is 1. The lowest BCUT2D eigenvalue weighted by atomic mass is 10.2. The van der Waals surface area contributed by atoms with Crippen LogP contribution in [0.4, 0.5) is 4.79 Å². The second-order valence-electron chi connectivity index (χ2n) is 6.92. The third-order valence-electron chi connectivity index (χ3n) is 3.99. The number of thiazole rings is 1. The largest absolute Gasteiger partial charge is 0.444 e. The minimum atomic E-state index is -0.433. The van der Waals surface area contributed by atoms with Crippen molar-refractivity contribution < 1.29 is 9.53 Å². The van der Waals surface area contributed by atoms with Gasteiger partial charge in [0.25, 0.3) is 0 Å². The molecule has 1 aliphatic rings. The van der Waals surface area contributed by atoms with Crippen molar-refractivity contribution in [2.45, 2.75) is 39.8 Å². The molecule has 0 radical (unpaired) electrons. The first-order valence-corrected chi connectivity index (χ1v) is 8.81. The number of ether oxygens (including phenoxy) is 1. The summed E-state index contributed by atoms with van der Waals surface area (Å²) >= 11 is 1.74. The summed E-state index contributed by atoms with van der Waals surface area (Å²) in [5.74, 6) is 0. The van der Waals surface area contributed by atoms with Crippen molar-refractivity contribution in [2.75, 3.05) is 33.2 Å². The van der Waals surface area contributed by atoms with E-state index >= 15 is 0 Å². The molecule has 1 aromatic heterocycles. The predicted octanol–water partition coefficient (Wildman–Crippen LogP) is 1.98. The third-order valence-corrected chi connectivity index (χ3v) is 5.30. The van der Waals surface area contributed by atoms with Crippen LogP contribution in [0.3, 0.4) is 0 Å². The van der Waals surface area contributed by atoms with E-state index < -0.39 is 5.60 Å². The molecule has 0 bridgehead atoms. The number of aromatic nitrogens is 1. The van der Waals surface area contributed by atoms with Crippen LogP contribution in [0, 0.1) is 6.92 Å². The van der Waals surface area contributed by atoms with E-state index in [-0.39, 0.29) is 6.09 Å². The van der Waals surface area contributed by atoms with E-state index in [1.54, 1.807) is 16.2 Å². The van der Waals surface area contributed by atoms with Gasteiger partial charge in [0.05, 0.1) is 0 Å². The zero-order chi connectivity index (χ0) is 17.2. The van der Waals surface area contributed by atoms with Crippen molar-refractivity contribution in [3.8, 4) is 0 Å². The van der Waals surface area contributed by atoms with Gasteiger partial charge in [-0.15, -0.1) is 11.3 Å². The molecule has 2 rings (SSSR count). The van der Waals surface area contributed by atoms with Gasteiger partial charge in [0.2, 0.25) is 0 Å². The number of piperazine rings is 1. The van der Waals surface area contributed by atoms with Crippen LogP contribution in [0.1, 0.15) is 31.3 Å². The zero-order valence-electron chi connectivity index (χ0n) is 15.0. The Hall–Kier alpha value is -1.34. The van der Waals surface area contributed by atoms with Crippen LogP contribution in [0.15, 0.2) is 4.99 Å². The summed E-state index contributed by atoms with van der Waals surface area (Å²) in [6.45, 7) is 11.9. The molecule has 0 unspecified atom stereocenters. The maximum Gasteiger partial charge on any atom is 0.410 e. The summed E-state index contributed by atoms with van der Waals surface area (Å²) in [6, 6.07) is 0. The van der Waals surface area contributed by atoms with E-state index in [2.05, 4.69) is 28.4 Å². The summed E-state index contributed by atoms with van der Waals surface area (Å²) in [5.41, 5.74) is 0.835. The fraction of sp³-hybridized carbons (Fsp3) is 0.750. The van der Waals surface area contributed by atoms with E-state index in [4.69, 9.17) is 4.74 Å². The van der Waals surface area contributed by atoms with Crippen LogP contribution < -0.4 is 4.80 Å². The Bertz CT molecular complexity index is 619. The summed E-state index contributed by atoms with van der Waals surface area (Å²) < 4.78 is 7.57. The predicted molar refractivity (Wildman–Crippen MR) is 92.6 cm³/mol. The summed E-state index contributed by atoms with van der Waals surface area (Å²) in [4.78, 5) is 23.0. The van der Waals surface area contributed by atoms with Crippen molar-refractivity contribution in [3.63, 3.8) is 0 Å². The molecule has 23 heavy (non-hydrogen) atoms. The maximum atomic E-state index is 12.1. The second-order valence-corrected chi connectivity index (χ2v) is 7.98. The fourth-order valence-electron chi connectivity index (χ4n) is 2.54. The van der Waals surface area contributed by atoms with Gasteiger partial charge in [-0.3, -0.25) is 9.89 Å². The molecule has 1 aromatic rings. The van der Waals surface area contributed by atoms with Crippen LogP contribution in [-0.4, -0.2) is 59.3 Å². The first kappa shape index (κ1) is 18.0. The van der Waals surface area contributed by atoms with Crippen molar-refractivity contribution in [3.05, 3.63) is 15.4 Å². The van der Waals surface area contributed by atoms with Crippen LogP contribution in [0.5, 0.6) is 0 Å². The first-order chi connectivity index (χ1) is 10.7. The topological polar surface area (TPSA) is 50.1 Å². The van der Waals surface area contributed by atoms with Gasteiger partial charge < -0.3 is 14.2 Å². The molecule has 0 aliphatic carbocycles. The zero-order valence-corrected chi connectivity index (χ0v) is 15.9. The first-order valence-electron chi connectivity index (χ1n) is 7.99. The van der Waals surface area contributed by atoms with Gasteiger partial charge in [-0.25, -0.2) is 4.79 Å². The summed E-state index contributed by atoms with van der Waals surface area (Å²) in [5, 5.41) is 0. The van der Waals surface area contributed by atoms with Gasteiger partial charge in [-0.05, 0) is 27.7 Å². The highest BCUT2D eigenvalue weighted by molar-refractivity contribution is 7.09. The normalized spacial score (nSPS) is 17.7. The molecule has 6 nitrogen and oxygen atoms in total. The van der Waals surface area contributed by atoms with Gasteiger partial charge in [-0.2, -0.15) is 0 Å². The molecular weight excluding hydrogens is 312 g/mol. The van der Waals surface area contributed by atoms with Crippen LogP contribution in [0.2, 0.25) is 0 Å². The number of hydrogen-bond donors (Lipinski definition) is 0. The molecular formula is C16H28N4O2S. The Morgan fingerprint density at radius 1 is 1.26 bits per heavy atom. The van der Waals surface area contributed by atoms with E-state index in [1.165, 1.54) is 10.6 Å². The smallest absolute Gasteiger partial charge is 0.410 e. The Labute approximate surface area is 142 Å². The van der Waals surface area contributed by atoms with Gasteiger partial charge in [0, 0.05) is 57.4 Å². The van der Waals surface area contributed by atoms with Gasteiger partial charge >= 0.3 is 6.09 Å². The molecule has 1 aliphatic heterocycles. The third kappa shape index (κ3) is 4.57. The quantitative estimate of drug-likeness (QED) is 0.827. The molecule has 0 aromatic carbocycles. The molecule has 1 fully saturated rings. The van der Waals surface area contributed by atoms with Crippen LogP contribution >= 0.6 is 11.3 Å². The number of carbonyl (C=O) groups is 1. The number of nitrogens with zero attached hydrogens (tertiary/aromatic N) is 4. The number of rotatable bonds is 2. The van der Waals surface area contributed by atoms with Gasteiger partial charge in [0.15, 0.2) is 4.80 Å². The second kappa shape index (κ2) is 7.05. The SMILES string of the molecule is CN=c1sc(CN2CCN(C(=O)OC(C)(C)C)CC2)c(C)n1C. The maximum absolute atomic E-state index is 12.1. The average molecular weight is 340 g/mol. The molecule has 0 N–H and O–H groups in total. The standard InChI is InChI=1S/C16H28N4O2S/c1-12-13(23-14(17-5)18(12)6)11-19-7-9-20(10-8-19)15(21)22-16(2,3)4/h7-11H2,1-6H3. The van der Waals surface area contributed by atoms with Gasteiger partial charge in [-0.1, -0.05) is 0 Å². The highest BCUT2D eigenvalue weighted by Gasteiger charge is 2.26. The molecule has 7 heteroatoms.